The third-order valence-corrected chi connectivity index (χ3v) is 7.81. The smallest absolute Gasteiger partial charge is 0.205 e. The lowest BCUT2D eigenvalue weighted by Gasteiger charge is -2.14. The molecular weight excluding hydrogens is 420 g/mol. The van der Waals surface area contributed by atoms with Crippen molar-refractivity contribution < 1.29 is 0 Å². The topological polar surface area (TPSA) is 28.1 Å². The van der Waals surface area contributed by atoms with Crippen molar-refractivity contribution in [2.45, 2.75) is 0 Å². The predicted octanol–water partition coefficient (Wildman–Crippen LogP) is 9.09. The molecular formula is C30H14N2S. The average molecular weight is 435 g/mol. The third kappa shape index (κ3) is 2.40. The lowest BCUT2D eigenvalue weighted by atomic mass is 9.89. The molecule has 0 spiro atoms. The Morgan fingerprint density at radius 3 is 2.24 bits per heavy atom. The number of fused-ring (bicyclic) bond motifs is 11. The molecule has 0 saturated carbocycles. The molecule has 33 heavy (non-hydrogen) atoms. The Kier molecular flexibility index (Phi) is 3.59. The van der Waals surface area contributed by atoms with E-state index in [1.165, 1.54) is 41.7 Å². The van der Waals surface area contributed by atoms with Gasteiger partial charge in [0.1, 0.15) is 0 Å². The van der Waals surface area contributed by atoms with Gasteiger partial charge in [-0.2, -0.15) is 5.26 Å². The monoisotopic (exact) mass is 434 g/mol. The Labute approximate surface area is 193 Å². The molecule has 7 aromatic rings. The molecule has 2 nitrogen and oxygen atoms in total. The summed E-state index contributed by atoms with van der Waals surface area (Å²) in [5.41, 5.74) is 0.829. The van der Waals surface area contributed by atoms with Gasteiger partial charge in [0.2, 0.25) is 5.69 Å². The maximum atomic E-state index is 9.71. The Morgan fingerprint density at radius 1 is 0.636 bits per heavy atom. The van der Waals surface area contributed by atoms with Crippen molar-refractivity contribution in [3.8, 4) is 6.07 Å². The lowest BCUT2D eigenvalue weighted by molar-refractivity contribution is 1.50. The van der Waals surface area contributed by atoms with Gasteiger partial charge >= 0.3 is 0 Å². The zero-order valence-corrected chi connectivity index (χ0v) is 18.2. The average Bonchev–Trinajstić information content (AvgIpc) is 3.24. The minimum atomic E-state index is 0.404. The Morgan fingerprint density at radius 2 is 1.39 bits per heavy atom. The van der Waals surface area contributed by atoms with Gasteiger partial charge in [-0.3, -0.25) is 0 Å². The highest BCUT2D eigenvalue weighted by molar-refractivity contribution is 7.25. The molecule has 7 rings (SSSR count). The highest BCUT2D eigenvalue weighted by atomic mass is 32.1. The minimum Gasteiger partial charge on any atom is -0.237 e. The van der Waals surface area contributed by atoms with Crippen LogP contribution in [0.5, 0.6) is 0 Å². The van der Waals surface area contributed by atoms with Crippen LogP contribution in [0.25, 0.3) is 68.1 Å². The van der Waals surface area contributed by atoms with E-state index in [4.69, 9.17) is 6.57 Å². The number of nitrogens with zero attached hydrogens (tertiary/aromatic N) is 2. The second-order valence-electron chi connectivity index (χ2n) is 8.34. The van der Waals surface area contributed by atoms with Crippen molar-refractivity contribution in [3.63, 3.8) is 0 Å². The van der Waals surface area contributed by atoms with Crippen LogP contribution in [-0.4, -0.2) is 0 Å². The van der Waals surface area contributed by atoms with Crippen molar-refractivity contribution in [1.29, 1.82) is 5.26 Å². The summed E-state index contributed by atoms with van der Waals surface area (Å²) < 4.78 is 2.53. The molecule has 3 heteroatoms. The maximum absolute atomic E-state index is 9.71. The Bertz CT molecular complexity index is 2050. The summed E-state index contributed by atoms with van der Waals surface area (Å²) in [4.78, 5) is 3.66. The van der Waals surface area contributed by atoms with Crippen LogP contribution < -0.4 is 0 Å². The van der Waals surface area contributed by atoms with Crippen LogP contribution in [-0.2, 0) is 0 Å². The molecule has 0 atom stereocenters. The van der Waals surface area contributed by atoms with Crippen LogP contribution in [0.15, 0.2) is 84.9 Å². The van der Waals surface area contributed by atoms with Gasteiger partial charge in [-0.15, -0.1) is 11.3 Å². The minimum absolute atomic E-state index is 0.404. The van der Waals surface area contributed by atoms with E-state index in [1.54, 1.807) is 0 Å². The Hall–Kier alpha value is -4.44. The summed E-state index contributed by atoms with van der Waals surface area (Å²) in [7, 11) is 0. The van der Waals surface area contributed by atoms with Crippen LogP contribution in [0, 0.1) is 17.9 Å². The molecule has 0 N–H and O–H groups in total. The summed E-state index contributed by atoms with van der Waals surface area (Å²) >= 11 is 1.82. The van der Waals surface area contributed by atoms with Gasteiger partial charge in [0.25, 0.3) is 0 Å². The van der Waals surface area contributed by atoms with Gasteiger partial charge in [-0.05, 0) is 73.4 Å². The largest absolute Gasteiger partial charge is 0.237 e. The summed E-state index contributed by atoms with van der Waals surface area (Å²) in [6.07, 6.45) is 0. The van der Waals surface area contributed by atoms with Crippen molar-refractivity contribution in [1.82, 2.24) is 0 Å². The molecule has 1 heterocycles. The molecule has 1 aromatic heterocycles. The maximum Gasteiger partial charge on any atom is 0.205 e. The summed E-state index contributed by atoms with van der Waals surface area (Å²) in [6, 6.07) is 31.9. The fourth-order valence-electron chi connectivity index (χ4n) is 5.20. The van der Waals surface area contributed by atoms with Gasteiger partial charge < -0.3 is 0 Å². The molecule has 0 aliphatic carbocycles. The number of rotatable bonds is 0. The molecule has 0 bridgehead atoms. The zero-order valence-electron chi connectivity index (χ0n) is 17.4. The fraction of sp³-hybridized carbons (Fsp3) is 0. The standard InChI is InChI=1S/C30H14N2S/c1-32-27-14-24-22(12-18(27)16-31)21-11-10-17-6-2-3-7-19(17)30(21)26-15-29-25(13-23(24)26)20-8-4-5-9-28(20)33-29/h2-15H. The number of nitriles is 1. The normalized spacial score (nSPS) is 11.6. The first-order chi connectivity index (χ1) is 16.3. The number of hydrogen-bond acceptors (Lipinski definition) is 2. The van der Waals surface area contributed by atoms with E-state index in [-0.39, 0.29) is 0 Å². The first-order valence-electron chi connectivity index (χ1n) is 10.7. The molecule has 150 valence electrons. The first kappa shape index (κ1) is 18.2. The molecule has 0 aliphatic rings. The van der Waals surface area contributed by atoms with E-state index in [0.29, 0.717) is 11.3 Å². The third-order valence-electron chi connectivity index (χ3n) is 6.67. The second-order valence-corrected chi connectivity index (χ2v) is 9.42. The van der Waals surface area contributed by atoms with Gasteiger partial charge in [0.15, 0.2) is 0 Å². The molecule has 0 aliphatic heterocycles. The lowest BCUT2D eigenvalue weighted by Crippen LogP contribution is -1.87. The van der Waals surface area contributed by atoms with E-state index in [0.717, 1.165) is 21.5 Å². The SMILES string of the molecule is [C-]#[N+]c1cc2c(cc1C#N)c1ccc3ccccc3c1c1cc3sc4ccccc4c3cc21. The van der Waals surface area contributed by atoms with Crippen LogP contribution in [0.4, 0.5) is 5.69 Å². The highest BCUT2D eigenvalue weighted by Gasteiger charge is 2.16. The van der Waals surface area contributed by atoms with Crippen LogP contribution >= 0.6 is 11.3 Å². The summed E-state index contributed by atoms with van der Waals surface area (Å²) in [5.74, 6) is 0. The number of hydrogen-bond donors (Lipinski definition) is 0. The van der Waals surface area contributed by atoms with Gasteiger partial charge in [0.05, 0.1) is 18.2 Å². The number of benzene rings is 6. The quantitative estimate of drug-likeness (QED) is 0.173. The summed E-state index contributed by atoms with van der Waals surface area (Å²) in [5, 5.41) is 21.3. The van der Waals surface area contributed by atoms with Crippen LogP contribution in [0.1, 0.15) is 5.56 Å². The van der Waals surface area contributed by atoms with Crippen molar-refractivity contribution in [3.05, 3.63) is 102 Å². The molecule has 0 amide bonds. The van der Waals surface area contributed by atoms with E-state index in [9.17, 15) is 5.26 Å². The fourth-order valence-corrected chi connectivity index (χ4v) is 6.33. The van der Waals surface area contributed by atoms with Crippen molar-refractivity contribution >= 4 is 80.3 Å². The van der Waals surface area contributed by atoms with Crippen molar-refractivity contribution in [2.24, 2.45) is 0 Å². The Balaban J connectivity index is 1.84. The molecule has 0 fully saturated rings. The molecule has 0 unspecified atom stereocenters. The van der Waals surface area contributed by atoms with Crippen LogP contribution in [0.2, 0.25) is 0 Å². The van der Waals surface area contributed by atoms with Gasteiger partial charge in [0, 0.05) is 20.2 Å². The number of thiophene rings is 1. The van der Waals surface area contributed by atoms with E-state index >= 15 is 0 Å². The van der Waals surface area contributed by atoms with Gasteiger partial charge in [-0.1, -0.05) is 54.6 Å². The molecule has 0 saturated heterocycles. The zero-order chi connectivity index (χ0) is 22.1. The van der Waals surface area contributed by atoms with E-state index in [1.807, 2.05) is 23.5 Å². The highest BCUT2D eigenvalue weighted by Crippen LogP contribution is 2.44. The van der Waals surface area contributed by atoms with Crippen LogP contribution in [0.3, 0.4) is 0 Å². The molecule has 6 aromatic carbocycles. The van der Waals surface area contributed by atoms with E-state index < -0.39 is 0 Å². The van der Waals surface area contributed by atoms with E-state index in [2.05, 4.69) is 83.7 Å². The van der Waals surface area contributed by atoms with Crippen molar-refractivity contribution in [2.75, 3.05) is 0 Å². The molecule has 0 radical (unpaired) electrons. The van der Waals surface area contributed by atoms with Gasteiger partial charge in [-0.25, -0.2) is 4.85 Å². The second kappa shape index (κ2) is 6.53. The summed E-state index contributed by atoms with van der Waals surface area (Å²) in [6.45, 7) is 7.63. The predicted molar refractivity (Wildman–Crippen MR) is 140 cm³/mol. The first-order valence-corrected chi connectivity index (χ1v) is 11.5.